The Balaban J connectivity index is 1.68. The summed E-state index contributed by atoms with van der Waals surface area (Å²) in [4.78, 5) is 0. The van der Waals surface area contributed by atoms with Crippen LogP contribution in [0.2, 0.25) is 5.02 Å². The van der Waals surface area contributed by atoms with Crippen LogP contribution >= 0.6 is 23.2 Å². The number of nitrogens with one attached hydrogen (secondary N) is 1. The Morgan fingerprint density at radius 2 is 2.21 bits per heavy atom. The molecule has 140 valence electrons. The van der Waals surface area contributed by atoms with Crippen molar-refractivity contribution in [2.45, 2.75) is 17.9 Å². The topological polar surface area (TPSA) is 87.5 Å². The molecule has 0 bridgehead atoms. The number of aromatic amines is 1. The van der Waals surface area contributed by atoms with E-state index in [2.05, 4.69) is 20.4 Å². The fourth-order valence-corrected chi connectivity index (χ4v) is 3.41. The molecule has 0 aliphatic heterocycles. The van der Waals surface area contributed by atoms with Crippen molar-refractivity contribution in [2.24, 2.45) is 0 Å². The lowest BCUT2D eigenvalue weighted by atomic mass is 10.0. The average molecular weight is 416 g/mol. The van der Waals surface area contributed by atoms with E-state index in [1.54, 1.807) is 30.5 Å². The van der Waals surface area contributed by atoms with Gasteiger partial charge in [0, 0.05) is 18.2 Å². The van der Waals surface area contributed by atoms with Gasteiger partial charge in [-0.25, -0.2) is 4.39 Å². The zero-order valence-corrected chi connectivity index (χ0v) is 15.8. The monoisotopic (exact) mass is 415 g/mol. The number of alkyl halides is 1. The van der Waals surface area contributed by atoms with Crippen LogP contribution in [-0.2, 0) is 6.42 Å². The predicted molar refractivity (Wildman–Crippen MR) is 103 cm³/mol. The van der Waals surface area contributed by atoms with Crippen LogP contribution in [0.5, 0.6) is 5.75 Å². The van der Waals surface area contributed by atoms with Gasteiger partial charge in [-0.2, -0.15) is 15.5 Å². The van der Waals surface area contributed by atoms with Crippen LogP contribution in [-0.4, -0.2) is 25.5 Å². The summed E-state index contributed by atoms with van der Waals surface area (Å²) >= 11 is 12.6. The molecule has 1 unspecified atom stereocenters. The zero-order chi connectivity index (χ0) is 19.7. The highest BCUT2D eigenvalue weighted by Crippen LogP contribution is 2.38. The number of ether oxygens (including phenoxy) is 1. The number of rotatable bonds is 4. The molecule has 4 rings (SSSR count). The highest BCUT2D eigenvalue weighted by atomic mass is 35.5. The second kappa shape index (κ2) is 7.23. The van der Waals surface area contributed by atoms with E-state index in [9.17, 15) is 0 Å². The summed E-state index contributed by atoms with van der Waals surface area (Å²) in [7, 11) is 0. The van der Waals surface area contributed by atoms with Gasteiger partial charge in [0.15, 0.2) is 17.2 Å². The van der Waals surface area contributed by atoms with Gasteiger partial charge in [0.25, 0.3) is 0 Å². The first-order valence-electron chi connectivity index (χ1n) is 8.28. The van der Waals surface area contributed by atoms with Crippen molar-refractivity contribution >= 4 is 34.2 Å². The Morgan fingerprint density at radius 3 is 3.04 bits per heavy atom. The molecule has 2 heterocycles. The summed E-state index contributed by atoms with van der Waals surface area (Å²) in [5, 5.41) is 23.2. The number of allylic oxidation sites excluding steroid dienone is 2. The summed E-state index contributed by atoms with van der Waals surface area (Å²) in [5.41, 5.74) is 1.80. The van der Waals surface area contributed by atoms with E-state index >= 15 is 4.39 Å². The maximum atomic E-state index is 15.2. The maximum absolute atomic E-state index is 15.2. The number of hydrogen-bond acceptors (Lipinski definition) is 5. The largest absolute Gasteiger partial charge is 0.463 e. The van der Waals surface area contributed by atoms with E-state index in [0.29, 0.717) is 22.5 Å². The van der Waals surface area contributed by atoms with E-state index in [0.717, 1.165) is 5.39 Å². The van der Waals surface area contributed by atoms with Crippen LogP contribution in [0.4, 0.5) is 4.39 Å². The SMILES string of the molecule is N#CC1=CC(Cl)(Oc2c(Cl)ccc(Cc3n[nH]c4nnccc34)c2F)CC=C1. The molecule has 0 saturated carbocycles. The van der Waals surface area contributed by atoms with Crippen molar-refractivity contribution in [3.63, 3.8) is 0 Å². The van der Waals surface area contributed by atoms with Crippen LogP contribution in [0.1, 0.15) is 17.7 Å². The minimum absolute atomic E-state index is 0.0838. The van der Waals surface area contributed by atoms with Gasteiger partial charge in [-0.1, -0.05) is 35.3 Å². The van der Waals surface area contributed by atoms with Crippen molar-refractivity contribution in [3.05, 3.63) is 70.3 Å². The van der Waals surface area contributed by atoms with Gasteiger partial charge >= 0.3 is 0 Å². The molecule has 0 radical (unpaired) electrons. The number of benzene rings is 1. The number of hydrogen-bond donors (Lipinski definition) is 1. The highest BCUT2D eigenvalue weighted by Gasteiger charge is 2.31. The third-order valence-electron chi connectivity index (χ3n) is 4.28. The molecule has 1 aliphatic carbocycles. The third kappa shape index (κ3) is 3.44. The van der Waals surface area contributed by atoms with Gasteiger partial charge in [0.2, 0.25) is 5.06 Å². The maximum Gasteiger partial charge on any atom is 0.206 e. The number of nitriles is 1. The first kappa shape index (κ1) is 18.4. The second-order valence-electron chi connectivity index (χ2n) is 6.20. The lowest BCUT2D eigenvalue weighted by molar-refractivity contribution is 0.199. The van der Waals surface area contributed by atoms with Crippen molar-refractivity contribution < 1.29 is 9.13 Å². The lowest BCUT2D eigenvalue weighted by Crippen LogP contribution is -2.28. The van der Waals surface area contributed by atoms with Gasteiger partial charge in [-0.05, 0) is 29.8 Å². The van der Waals surface area contributed by atoms with Gasteiger partial charge < -0.3 is 4.74 Å². The van der Waals surface area contributed by atoms with Crippen LogP contribution in [0, 0.1) is 17.1 Å². The summed E-state index contributed by atoms with van der Waals surface area (Å²) in [6.07, 6.45) is 6.77. The van der Waals surface area contributed by atoms with E-state index in [1.165, 1.54) is 12.1 Å². The predicted octanol–water partition coefficient (Wildman–Crippen LogP) is 4.46. The van der Waals surface area contributed by atoms with Crippen LogP contribution in [0.15, 0.2) is 48.2 Å². The molecule has 1 aromatic carbocycles. The average Bonchev–Trinajstić information content (AvgIpc) is 3.10. The Hall–Kier alpha value is -2.95. The molecular formula is C19H12Cl2FN5O. The summed E-state index contributed by atoms with van der Waals surface area (Å²) in [6.45, 7) is 0. The molecule has 0 amide bonds. The molecule has 0 fully saturated rings. The van der Waals surface area contributed by atoms with Crippen LogP contribution in [0.3, 0.4) is 0 Å². The van der Waals surface area contributed by atoms with Gasteiger partial charge in [-0.15, -0.1) is 5.10 Å². The third-order valence-corrected chi connectivity index (χ3v) is 4.92. The first-order valence-corrected chi connectivity index (χ1v) is 9.03. The minimum Gasteiger partial charge on any atom is -0.463 e. The molecule has 6 nitrogen and oxygen atoms in total. The standard InChI is InChI=1S/C19H12Cl2FN5O/c20-14-4-3-12(8-15-13-5-7-24-26-18(13)27-25-15)16(22)17(14)28-19(21)6-1-2-11(9-19)10-23/h1-5,7,9H,6,8H2,(H,25,26,27). The fourth-order valence-electron chi connectivity index (χ4n) is 2.94. The van der Waals surface area contributed by atoms with Crippen molar-refractivity contribution in [2.75, 3.05) is 0 Å². The van der Waals surface area contributed by atoms with E-state index < -0.39 is 10.9 Å². The fraction of sp³-hybridized carbons (Fsp3) is 0.158. The molecule has 0 saturated heterocycles. The Kier molecular flexibility index (Phi) is 4.75. The van der Waals surface area contributed by atoms with Crippen molar-refractivity contribution in [1.82, 2.24) is 20.4 Å². The van der Waals surface area contributed by atoms with E-state index in [4.69, 9.17) is 33.2 Å². The molecular weight excluding hydrogens is 404 g/mol. The van der Waals surface area contributed by atoms with Crippen molar-refractivity contribution in [3.8, 4) is 11.8 Å². The molecule has 2 aromatic heterocycles. The van der Waals surface area contributed by atoms with Gasteiger partial charge in [0.05, 0.1) is 28.6 Å². The molecule has 0 spiro atoms. The lowest BCUT2D eigenvalue weighted by Gasteiger charge is -2.27. The van der Waals surface area contributed by atoms with Gasteiger partial charge in [-0.3, -0.25) is 5.10 Å². The molecule has 3 aromatic rings. The summed E-state index contributed by atoms with van der Waals surface area (Å²) < 4.78 is 20.9. The van der Waals surface area contributed by atoms with Crippen LogP contribution in [0.25, 0.3) is 11.0 Å². The van der Waals surface area contributed by atoms with E-state index in [-0.39, 0.29) is 23.6 Å². The second-order valence-corrected chi connectivity index (χ2v) is 7.24. The summed E-state index contributed by atoms with van der Waals surface area (Å²) in [6, 6.07) is 6.85. The van der Waals surface area contributed by atoms with Gasteiger partial charge in [0.1, 0.15) is 0 Å². The van der Waals surface area contributed by atoms with Crippen LogP contribution < -0.4 is 4.74 Å². The number of fused-ring (bicyclic) bond motifs is 1. The molecule has 1 aliphatic rings. The molecule has 9 heteroatoms. The molecule has 1 atom stereocenters. The Morgan fingerprint density at radius 1 is 1.36 bits per heavy atom. The minimum atomic E-state index is -1.39. The molecule has 28 heavy (non-hydrogen) atoms. The number of H-pyrrole nitrogens is 1. The van der Waals surface area contributed by atoms with Crippen molar-refractivity contribution in [1.29, 1.82) is 5.26 Å². The highest BCUT2D eigenvalue weighted by molar-refractivity contribution is 6.32. The Labute approximate surface area is 169 Å². The smallest absolute Gasteiger partial charge is 0.206 e. The normalized spacial score (nSPS) is 18.7. The number of aromatic nitrogens is 4. The summed E-state index contributed by atoms with van der Waals surface area (Å²) in [5.74, 6) is -0.801. The number of halogens is 3. The quantitative estimate of drug-likeness (QED) is 0.635. The van der Waals surface area contributed by atoms with E-state index in [1.807, 2.05) is 6.07 Å². The number of nitrogens with zero attached hydrogens (tertiary/aromatic N) is 4. The molecule has 1 N–H and O–H groups in total. The zero-order valence-electron chi connectivity index (χ0n) is 14.3. The Bertz CT molecular complexity index is 1170. The first-order chi connectivity index (χ1) is 13.5.